The van der Waals surface area contributed by atoms with E-state index in [0.29, 0.717) is 10.5 Å². The lowest BCUT2D eigenvalue weighted by atomic mass is 10.2. The first kappa shape index (κ1) is 16.8. The highest BCUT2D eigenvalue weighted by molar-refractivity contribution is 7.85. The molecule has 0 aliphatic rings. The third kappa shape index (κ3) is 5.00. The van der Waals surface area contributed by atoms with Crippen LogP contribution in [0.3, 0.4) is 0 Å². The molecule has 2 rings (SSSR count). The van der Waals surface area contributed by atoms with E-state index in [9.17, 15) is 13.8 Å². The standard InChI is InChI=1S/C16H17N3O3S/c17-15(20)14(19-16(21)12-6-9-18-10-7-12)8-11-23(22)13-4-2-1-3-5-13/h1-7,9-10,14H,8,11H2,(H2,17,20)(H,19,21)/t14-,23+/m0/s1. The number of carbonyl (C=O) groups is 2. The lowest BCUT2D eigenvalue weighted by molar-refractivity contribution is -0.119. The Labute approximate surface area is 136 Å². The van der Waals surface area contributed by atoms with Gasteiger partial charge < -0.3 is 11.1 Å². The highest BCUT2D eigenvalue weighted by Crippen LogP contribution is 2.08. The molecule has 6 nitrogen and oxygen atoms in total. The summed E-state index contributed by atoms with van der Waals surface area (Å²) in [5.41, 5.74) is 5.71. The zero-order chi connectivity index (χ0) is 16.7. The van der Waals surface area contributed by atoms with Crippen LogP contribution in [0, 0.1) is 0 Å². The van der Waals surface area contributed by atoms with Crippen molar-refractivity contribution in [2.24, 2.45) is 5.73 Å². The van der Waals surface area contributed by atoms with Gasteiger partial charge in [0.25, 0.3) is 5.91 Å². The maximum absolute atomic E-state index is 12.2. The molecular formula is C16H17N3O3S. The average molecular weight is 331 g/mol. The number of aromatic nitrogens is 1. The number of pyridine rings is 1. The molecule has 2 aromatic rings. The van der Waals surface area contributed by atoms with Gasteiger partial charge in [-0.05, 0) is 30.7 Å². The molecule has 2 amide bonds. The highest BCUT2D eigenvalue weighted by atomic mass is 32.2. The average Bonchev–Trinajstić information content (AvgIpc) is 2.59. The number of hydrogen-bond acceptors (Lipinski definition) is 4. The Balaban J connectivity index is 1.96. The summed E-state index contributed by atoms with van der Waals surface area (Å²) < 4.78 is 12.2. The molecule has 23 heavy (non-hydrogen) atoms. The molecule has 0 unspecified atom stereocenters. The molecule has 7 heteroatoms. The molecule has 1 heterocycles. The number of nitrogens with two attached hydrogens (primary N) is 1. The SMILES string of the molecule is NC(=O)[C@H](CC[S@@](=O)c1ccccc1)NC(=O)c1ccncc1. The molecule has 0 bridgehead atoms. The third-order valence-electron chi connectivity index (χ3n) is 3.19. The maximum atomic E-state index is 12.2. The van der Waals surface area contributed by atoms with E-state index in [-0.39, 0.29) is 12.2 Å². The molecule has 2 atom stereocenters. The van der Waals surface area contributed by atoms with E-state index in [0.717, 1.165) is 0 Å². The fourth-order valence-electron chi connectivity index (χ4n) is 1.95. The Morgan fingerprint density at radius 2 is 1.78 bits per heavy atom. The van der Waals surface area contributed by atoms with Crippen LogP contribution in [0.5, 0.6) is 0 Å². The van der Waals surface area contributed by atoms with E-state index in [1.54, 1.807) is 24.3 Å². The second-order valence-corrected chi connectivity index (χ2v) is 6.39. The number of rotatable bonds is 7. The Hall–Kier alpha value is -2.54. The predicted octanol–water partition coefficient (Wildman–Crippen LogP) is 0.863. The first-order chi connectivity index (χ1) is 11.1. The minimum atomic E-state index is -1.25. The van der Waals surface area contributed by atoms with Crippen molar-refractivity contribution in [2.45, 2.75) is 17.4 Å². The Kier molecular flexibility index (Phi) is 5.99. The summed E-state index contributed by atoms with van der Waals surface area (Å²) in [6.45, 7) is 0. The van der Waals surface area contributed by atoms with Gasteiger partial charge in [-0.2, -0.15) is 0 Å². The molecule has 0 saturated carbocycles. The molecule has 0 aliphatic carbocycles. The molecular weight excluding hydrogens is 314 g/mol. The number of carbonyl (C=O) groups excluding carboxylic acids is 2. The molecule has 0 aliphatic heterocycles. The lowest BCUT2D eigenvalue weighted by Gasteiger charge is -2.15. The first-order valence-electron chi connectivity index (χ1n) is 7.01. The van der Waals surface area contributed by atoms with Crippen LogP contribution in [0.25, 0.3) is 0 Å². The molecule has 0 saturated heterocycles. The number of nitrogens with one attached hydrogen (secondary N) is 1. The van der Waals surface area contributed by atoms with Gasteiger partial charge in [-0.3, -0.25) is 18.8 Å². The normalized spacial score (nSPS) is 13.0. The van der Waals surface area contributed by atoms with Gasteiger partial charge in [0, 0.05) is 28.6 Å². The van der Waals surface area contributed by atoms with Gasteiger partial charge in [0.1, 0.15) is 6.04 Å². The van der Waals surface area contributed by atoms with Crippen LogP contribution in [0.15, 0.2) is 59.8 Å². The van der Waals surface area contributed by atoms with E-state index in [2.05, 4.69) is 10.3 Å². The van der Waals surface area contributed by atoms with E-state index in [4.69, 9.17) is 5.73 Å². The monoisotopic (exact) mass is 331 g/mol. The summed E-state index contributed by atoms with van der Waals surface area (Å²) in [5.74, 6) is -0.840. The molecule has 1 aromatic carbocycles. The quantitative estimate of drug-likeness (QED) is 0.785. The van der Waals surface area contributed by atoms with Gasteiger partial charge in [0.2, 0.25) is 5.91 Å². The van der Waals surface area contributed by atoms with Gasteiger partial charge in [-0.25, -0.2) is 0 Å². The van der Waals surface area contributed by atoms with Crippen LogP contribution in [-0.4, -0.2) is 32.8 Å². The van der Waals surface area contributed by atoms with Crippen LogP contribution in [-0.2, 0) is 15.6 Å². The van der Waals surface area contributed by atoms with Gasteiger partial charge in [0.15, 0.2) is 0 Å². The molecule has 3 N–H and O–H groups in total. The van der Waals surface area contributed by atoms with Crippen molar-refractivity contribution in [1.29, 1.82) is 0 Å². The minimum absolute atomic E-state index is 0.202. The van der Waals surface area contributed by atoms with Crippen molar-refractivity contribution in [3.63, 3.8) is 0 Å². The number of benzene rings is 1. The Bertz CT molecular complexity index is 692. The smallest absolute Gasteiger partial charge is 0.252 e. The first-order valence-corrected chi connectivity index (χ1v) is 8.33. The van der Waals surface area contributed by atoms with E-state index in [1.807, 2.05) is 6.07 Å². The topological polar surface area (TPSA) is 102 Å². The summed E-state index contributed by atoms with van der Waals surface area (Å²) in [5, 5.41) is 2.56. The highest BCUT2D eigenvalue weighted by Gasteiger charge is 2.20. The summed E-state index contributed by atoms with van der Waals surface area (Å²) in [6, 6.07) is 11.1. The molecule has 0 spiro atoms. The Morgan fingerprint density at radius 3 is 2.39 bits per heavy atom. The fourth-order valence-corrected chi connectivity index (χ4v) is 3.09. The van der Waals surface area contributed by atoms with Crippen LogP contribution in [0.1, 0.15) is 16.8 Å². The van der Waals surface area contributed by atoms with Crippen molar-refractivity contribution >= 4 is 22.6 Å². The lowest BCUT2D eigenvalue weighted by Crippen LogP contribution is -2.45. The number of nitrogens with zero attached hydrogens (tertiary/aromatic N) is 1. The summed E-state index contributed by atoms with van der Waals surface area (Å²) >= 11 is 0. The summed E-state index contributed by atoms with van der Waals surface area (Å²) in [4.78, 5) is 28.1. The second-order valence-electron chi connectivity index (χ2n) is 4.82. The minimum Gasteiger partial charge on any atom is -0.368 e. The zero-order valence-electron chi connectivity index (χ0n) is 12.3. The van der Waals surface area contributed by atoms with E-state index < -0.39 is 28.7 Å². The number of primary amides is 1. The Morgan fingerprint density at radius 1 is 1.13 bits per heavy atom. The summed E-state index contributed by atoms with van der Waals surface area (Å²) in [7, 11) is -1.25. The predicted molar refractivity (Wildman–Crippen MR) is 87.0 cm³/mol. The molecule has 0 radical (unpaired) electrons. The van der Waals surface area contributed by atoms with Gasteiger partial charge in [-0.15, -0.1) is 0 Å². The van der Waals surface area contributed by atoms with E-state index in [1.165, 1.54) is 24.5 Å². The number of hydrogen-bond donors (Lipinski definition) is 2. The molecule has 0 fully saturated rings. The zero-order valence-corrected chi connectivity index (χ0v) is 13.2. The fraction of sp³-hybridized carbons (Fsp3) is 0.188. The van der Waals surface area contributed by atoms with Crippen LogP contribution < -0.4 is 11.1 Å². The third-order valence-corrected chi connectivity index (χ3v) is 4.59. The van der Waals surface area contributed by atoms with Crippen molar-refractivity contribution < 1.29 is 13.8 Å². The van der Waals surface area contributed by atoms with Gasteiger partial charge in [-0.1, -0.05) is 18.2 Å². The largest absolute Gasteiger partial charge is 0.368 e. The van der Waals surface area contributed by atoms with Crippen LogP contribution in [0.4, 0.5) is 0 Å². The van der Waals surface area contributed by atoms with Gasteiger partial charge >= 0.3 is 0 Å². The summed E-state index contributed by atoms with van der Waals surface area (Å²) in [6.07, 6.45) is 3.17. The number of amides is 2. The maximum Gasteiger partial charge on any atom is 0.252 e. The van der Waals surface area contributed by atoms with Crippen molar-refractivity contribution in [3.8, 4) is 0 Å². The van der Waals surface area contributed by atoms with Crippen molar-refractivity contribution in [2.75, 3.05) is 5.75 Å². The van der Waals surface area contributed by atoms with Crippen LogP contribution >= 0.6 is 0 Å². The van der Waals surface area contributed by atoms with Crippen molar-refractivity contribution in [3.05, 3.63) is 60.4 Å². The van der Waals surface area contributed by atoms with Crippen LogP contribution in [0.2, 0.25) is 0 Å². The molecule has 120 valence electrons. The van der Waals surface area contributed by atoms with Crippen molar-refractivity contribution in [1.82, 2.24) is 10.3 Å². The second kappa shape index (κ2) is 8.19. The van der Waals surface area contributed by atoms with E-state index >= 15 is 0 Å². The molecule has 1 aromatic heterocycles. The van der Waals surface area contributed by atoms with Gasteiger partial charge in [0.05, 0.1) is 10.8 Å².